The second kappa shape index (κ2) is 6.03. The van der Waals surface area contributed by atoms with Crippen molar-refractivity contribution < 1.29 is 9.90 Å². The van der Waals surface area contributed by atoms with Crippen molar-refractivity contribution in [2.24, 2.45) is 0 Å². The highest BCUT2D eigenvalue weighted by Crippen LogP contribution is 2.22. The Morgan fingerprint density at radius 2 is 1.95 bits per heavy atom. The van der Waals surface area contributed by atoms with E-state index in [9.17, 15) is 9.90 Å². The molecule has 0 fully saturated rings. The molecule has 0 aromatic heterocycles. The molecule has 3 nitrogen and oxygen atoms in total. The molecule has 0 aliphatic heterocycles. The number of nitrogens with one attached hydrogen (secondary N) is 1. The Kier molecular flexibility index (Phi) is 4.17. The number of carboxylic acid groups (broad SMARTS) is 1. The minimum Gasteiger partial charge on any atom is -0.478 e. The Morgan fingerprint density at radius 3 is 2.68 bits per heavy atom. The summed E-state index contributed by atoms with van der Waals surface area (Å²) >= 11 is 0. The summed E-state index contributed by atoms with van der Waals surface area (Å²) in [7, 11) is 1.89. The van der Waals surface area contributed by atoms with E-state index < -0.39 is 5.97 Å². The van der Waals surface area contributed by atoms with Gasteiger partial charge in [0.2, 0.25) is 0 Å². The second-order valence-electron chi connectivity index (χ2n) is 4.17. The van der Waals surface area contributed by atoms with E-state index in [4.69, 9.17) is 0 Å². The first kappa shape index (κ1) is 13.1. The molecule has 0 spiro atoms. The molecule has 19 heavy (non-hydrogen) atoms. The lowest BCUT2D eigenvalue weighted by molar-refractivity contribution is 0.0699. The lowest BCUT2D eigenvalue weighted by atomic mass is 10.0. The smallest absolute Gasteiger partial charge is 0.336 e. The largest absolute Gasteiger partial charge is 0.478 e. The summed E-state index contributed by atoms with van der Waals surface area (Å²) in [6, 6.07) is 10.9. The summed E-state index contributed by atoms with van der Waals surface area (Å²) in [4.78, 5) is 11.2. The van der Waals surface area contributed by atoms with Crippen molar-refractivity contribution in [1.82, 2.24) is 5.32 Å². The summed E-state index contributed by atoms with van der Waals surface area (Å²) in [5.74, 6) is 5.28. The molecule has 0 atom stereocenters. The normalized spacial score (nSPS) is 9.95. The van der Waals surface area contributed by atoms with Crippen LogP contribution in [0.5, 0.6) is 0 Å². The van der Waals surface area contributed by atoms with Crippen LogP contribution < -0.4 is 5.32 Å². The second-order valence-corrected chi connectivity index (χ2v) is 4.17. The van der Waals surface area contributed by atoms with Crippen LogP contribution in [0.3, 0.4) is 0 Å². The van der Waals surface area contributed by atoms with Crippen molar-refractivity contribution in [3.63, 3.8) is 0 Å². The number of benzene rings is 2. The number of hydrogen-bond donors (Lipinski definition) is 2. The average molecular weight is 253 g/mol. The third kappa shape index (κ3) is 2.93. The van der Waals surface area contributed by atoms with Gasteiger partial charge in [0.25, 0.3) is 0 Å². The molecular formula is C16H15NO2. The van der Waals surface area contributed by atoms with E-state index in [2.05, 4.69) is 17.2 Å². The molecule has 0 bridgehead atoms. The van der Waals surface area contributed by atoms with Gasteiger partial charge in [0.15, 0.2) is 0 Å². The third-order valence-corrected chi connectivity index (χ3v) is 2.88. The standard InChI is InChI=1S/C16H15NO2/c1-17-11-3-2-6-12-7-4-9-14-13(12)8-5-10-15(14)16(18)19/h4-5,7-10,17H,3,11H2,1H3,(H,18,19). The number of fused-ring (bicyclic) bond motifs is 1. The van der Waals surface area contributed by atoms with Gasteiger partial charge < -0.3 is 10.4 Å². The molecule has 2 N–H and O–H groups in total. The lowest BCUT2D eigenvalue weighted by Gasteiger charge is -2.04. The minimum absolute atomic E-state index is 0.316. The minimum atomic E-state index is -0.911. The quantitative estimate of drug-likeness (QED) is 0.652. The predicted octanol–water partition coefficient (Wildman–Crippen LogP) is 2.50. The highest BCUT2D eigenvalue weighted by molar-refractivity contribution is 6.05. The van der Waals surface area contributed by atoms with Gasteiger partial charge in [0.1, 0.15) is 0 Å². The number of rotatable bonds is 3. The van der Waals surface area contributed by atoms with E-state index in [-0.39, 0.29) is 0 Å². The zero-order chi connectivity index (χ0) is 13.7. The van der Waals surface area contributed by atoms with E-state index in [1.807, 2.05) is 31.3 Å². The van der Waals surface area contributed by atoms with Gasteiger partial charge in [-0.3, -0.25) is 0 Å². The third-order valence-electron chi connectivity index (χ3n) is 2.88. The molecule has 0 saturated heterocycles. The molecule has 0 amide bonds. The topological polar surface area (TPSA) is 49.3 Å². The van der Waals surface area contributed by atoms with Crippen molar-refractivity contribution >= 4 is 16.7 Å². The Bertz CT molecular complexity index is 665. The van der Waals surface area contributed by atoms with Crippen LogP contribution in [0.2, 0.25) is 0 Å². The zero-order valence-electron chi connectivity index (χ0n) is 10.7. The van der Waals surface area contributed by atoms with Gasteiger partial charge >= 0.3 is 5.97 Å². The van der Waals surface area contributed by atoms with Gasteiger partial charge in [0.05, 0.1) is 5.56 Å². The predicted molar refractivity (Wildman–Crippen MR) is 76.3 cm³/mol. The first-order valence-electron chi connectivity index (χ1n) is 6.12. The molecule has 3 heteroatoms. The average Bonchev–Trinajstić information content (AvgIpc) is 2.43. The molecule has 0 unspecified atom stereocenters. The van der Waals surface area contributed by atoms with Gasteiger partial charge in [-0.2, -0.15) is 0 Å². The molecular weight excluding hydrogens is 238 g/mol. The van der Waals surface area contributed by atoms with E-state index in [1.165, 1.54) is 0 Å². The summed E-state index contributed by atoms with van der Waals surface area (Å²) in [6.07, 6.45) is 0.769. The summed E-state index contributed by atoms with van der Waals surface area (Å²) in [5.41, 5.74) is 1.19. The molecule has 0 heterocycles. The molecule has 96 valence electrons. The molecule has 0 radical (unpaired) electrons. The van der Waals surface area contributed by atoms with Crippen LogP contribution in [-0.2, 0) is 0 Å². The maximum atomic E-state index is 11.2. The van der Waals surface area contributed by atoms with E-state index in [1.54, 1.807) is 12.1 Å². The Morgan fingerprint density at radius 1 is 1.21 bits per heavy atom. The fraction of sp³-hybridized carbons (Fsp3) is 0.188. The summed E-state index contributed by atoms with van der Waals surface area (Å²) < 4.78 is 0. The number of aromatic carboxylic acids is 1. The maximum absolute atomic E-state index is 11.2. The van der Waals surface area contributed by atoms with Crippen molar-refractivity contribution in [3.8, 4) is 11.8 Å². The number of carbonyl (C=O) groups is 1. The SMILES string of the molecule is CNCCC#Cc1cccc2c(C(=O)O)cccc12. The van der Waals surface area contributed by atoms with E-state index >= 15 is 0 Å². The van der Waals surface area contributed by atoms with Crippen LogP contribution in [0, 0.1) is 11.8 Å². The number of hydrogen-bond acceptors (Lipinski definition) is 2. The van der Waals surface area contributed by atoms with E-state index in [0.717, 1.165) is 29.3 Å². The van der Waals surface area contributed by atoms with Crippen LogP contribution >= 0.6 is 0 Å². The molecule has 0 saturated carbocycles. The van der Waals surface area contributed by atoms with Crippen molar-refractivity contribution in [3.05, 3.63) is 47.5 Å². The van der Waals surface area contributed by atoms with Crippen molar-refractivity contribution in [1.29, 1.82) is 0 Å². The van der Waals surface area contributed by atoms with Gasteiger partial charge in [0, 0.05) is 18.5 Å². The van der Waals surface area contributed by atoms with Crippen LogP contribution in [0.1, 0.15) is 22.3 Å². The Balaban J connectivity index is 2.48. The fourth-order valence-corrected chi connectivity index (χ4v) is 1.95. The molecule has 2 aromatic rings. The van der Waals surface area contributed by atoms with Crippen molar-refractivity contribution in [2.75, 3.05) is 13.6 Å². The Hall–Kier alpha value is -2.31. The highest BCUT2D eigenvalue weighted by atomic mass is 16.4. The van der Waals surface area contributed by atoms with Gasteiger partial charge in [-0.15, -0.1) is 0 Å². The van der Waals surface area contributed by atoms with Crippen LogP contribution in [0.15, 0.2) is 36.4 Å². The maximum Gasteiger partial charge on any atom is 0.336 e. The summed E-state index contributed by atoms with van der Waals surface area (Å²) in [6.45, 7) is 0.845. The summed E-state index contributed by atoms with van der Waals surface area (Å²) in [5, 5.41) is 13.8. The molecule has 2 rings (SSSR count). The monoisotopic (exact) mass is 253 g/mol. The highest BCUT2D eigenvalue weighted by Gasteiger charge is 2.08. The van der Waals surface area contributed by atoms with Gasteiger partial charge in [-0.1, -0.05) is 36.1 Å². The Labute approximate surface area is 112 Å². The van der Waals surface area contributed by atoms with Crippen LogP contribution in [0.4, 0.5) is 0 Å². The zero-order valence-corrected chi connectivity index (χ0v) is 10.7. The first-order valence-corrected chi connectivity index (χ1v) is 6.12. The molecule has 0 aliphatic rings. The first-order chi connectivity index (χ1) is 9.24. The number of carboxylic acids is 1. The fourth-order valence-electron chi connectivity index (χ4n) is 1.95. The van der Waals surface area contributed by atoms with E-state index in [0.29, 0.717) is 5.56 Å². The van der Waals surface area contributed by atoms with Gasteiger partial charge in [-0.25, -0.2) is 4.79 Å². The van der Waals surface area contributed by atoms with Crippen LogP contribution in [0.25, 0.3) is 10.8 Å². The van der Waals surface area contributed by atoms with Gasteiger partial charge in [-0.05, 0) is 30.0 Å². The van der Waals surface area contributed by atoms with Crippen LogP contribution in [-0.4, -0.2) is 24.7 Å². The van der Waals surface area contributed by atoms with Crippen molar-refractivity contribution in [2.45, 2.75) is 6.42 Å². The molecule has 0 aliphatic carbocycles. The lowest BCUT2D eigenvalue weighted by Crippen LogP contribution is -2.05. The molecule has 2 aromatic carbocycles.